The van der Waals surface area contributed by atoms with Crippen LogP contribution >= 0.6 is 11.8 Å². The van der Waals surface area contributed by atoms with Gasteiger partial charge in [0.25, 0.3) is 5.91 Å². The summed E-state index contributed by atoms with van der Waals surface area (Å²) >= 11 is 1.94. The van der Waals surface area contributed by atoms with Crippen LogP contribution in [0.15, 0.2) is 23.1 Å². The highest BCUT2D eigenvalue weighted by Gasteiger charge is 2.27. The monoisotopic (exact) mass is 426 g/mol. The van der Waals surface area contributed by atoms with E-state index in [0.717, 1.165) is 16.6 Å². The van der Waals surface area contributed by atoms with Crippen LogP contribution in [0.2, 0.25) is 0 Å². The summed E-state index contributed by atoms with van der Waals surface area (Å²) < 4.78 is 32.3. The normalized spacial score (nSPS) is 19.5. The molecule has 1 aromatic rings. The Labute approximate surface area is 172 Å². The van der Waals surface area contributed by atoms with Gasteiger partial charge in [-0.15, -0.1) is 0 Å². The second kappa shape index (κ2) is 10.1. The molecule has 0 atom stereocenters. The molecule has 6 nitrogen and oxygen atoms in total. The lowest BCUT2D eigenvalue weighted by molar-refractivity contribution is 0.0730. The van der Waals surface area contributed by atoms with E-state index >= 15 is 0 Å². The minimum absolute atomic E-state index is 0.168. The summed E-state index contributed by atoms with van der Waals surface area (Å²) in [7, 11) is -3.61. The zero-order chi connectivity index (χ0) is 20.0. The molecule has 156 valence electrons. The maximum Gasteiger partial charge on any atom is 0.251 e. The number of hydrogen-bond donors (Lipinski definition) is 1. The molecule has 8 heteroatoms. The Balaban J connectivity index is 1.59. The number of hydrogen-bond acceptors (Lipinski definition) is 5. The number of aryl methyl sites for hydroxylation is 1. The molecule has 1 aromatic carbocycles. The fraction of sp³-hybridized carbons (Fsp3) is 0.650. The molecule has 0 unspecified atom stereocenters. The van der Waals surface area contributed by atoms with Crippen LogP contribution in [0.4, 0.5) is 0 Å². The van der Waals surface area contributed by atoms with Gasteiger partial charge in [-0.3, -0.25) is 4.79 Å². The fourth-order valence-corrected chi connectivity index (χ4v) is 6.31. The summed E-state index contributed by atoms with van der Waals surface area (Å²) in [5, 5.41) is 3.67. The summed E-state index contributed by atoms with van der Waals surface area (Å²) in [5.41, 5.74) is 1.20. The topological polar surface area (TPSA) is 75.7 Å². The van der Waals surface area contributed by atoms with Crippen molar-refractivity contribution >= 4 is 27.7 Å². The Hall–Kier alpha value is -1.09. The molecule has 1 saturated heterocycles. The van der Waals surface area contributed by atoms with E-state index in [2.05, 4.69) is 5.32 Å². The first-order chi connectivity index (χ1) is 13.5. The highest BCUT2D eigenvalue weighted by Crippen LogP contribution is 2.27. The van der Waals surface area contributed by atoms with Crippen LogP contribution < -0.4 is 5.32 Å². The maximum absolute atomic E-state index is 12.8. The van der Waals surface area contributed by atoms with Crippen LogP contribution in [0.5, 0.6) is 0 Å². The number of carbonyl (C=O) groups is 1. The lowest BCUT2D eigenvalue weighted by Gasteiger charge is -2.26. The van der Waals surface area contributed by atoms with Gasteiger partial charge in [0.15, 0.2) is 0 Å². The quantitative estimate of drug-likeness (QED) is 0.679. The predicted molar refractivity (Wildman–Crippen MR) is 112 cm³/mol. The molecule has 1 saturated carbocycles. The molecule has 28 heavy (non-hydrogen) atoms. The number of rotatable bonds is 7. The standard InChI is InChI=1S/C20H30N2O4S2/c1-16-7-8-18(28(24,25)22-10-12-26-13-11-22)15-19(16)20(23)21-9-14-27-17-5-3-2-4-6-17/h7-8,15,17H,2-6,9-14H2,1H3,(H,21,23). The number of amides is 1. The van der Waals surface area contributed by atoms with Crippen molar-refractivity contribution in [1.82, 2.24) is 9.62 Å². The average Bonchev–Trinajstić information content (AvgIpc) is 2.72. The van der Waals surface area contributed by atoms with E-state index < -0.39 is 10.0 Å². The Morgan fingerprint density at radius 3 is 2.64 bits per heavy atom. The average molecular weight is 427 g/mol. The van der Waals surface area contributed by atoms with Crippen molar-refractivity contribution in [3.05, 3.63) is 29.3 Å². The number of benzene rings is 1. The van der Waals surface area contributed by atoms with Gasteiger partial charge in [-0.1, -0.05) is 25.3 Å². The van der Waals surface area contributed by atoms with Crippen LogP contribution in [0.25, 0.3) is 0 Å². The molecule has 2 fully saturated rings. The Morgan fingerprint density at radius 2 is 1.93 bits per heavy atom. The fourth-order valence-electron chi connectivity index (χ4n) is 3.66. The van der Waals surface area contributed by atoms with Gasteiger partial charge in [0.05, 0.1) is 18.1 Å². The second-order valence-electron chi connectivity index (χ2n) is 7.38. The number of thioether (sulfide) groups is 1. The smallest absolute Gasteiger partial charge is 0.251 e. The number of carbonyl (C=O) groups excluding carboxylic acids is 1. The van der Waals surface area contributed by atoms with Gasteiger partial charge in [-0.25, -0.2) is 8.42 Å². The molecule has 1 aliphatic carbocycles. The lowest BCUT2D eigenvalue weighted by atomic mass is 10.0. The molecule has 1 N–H and O–H groups in total. The molecule has 0 bridgehead atoms. The van der Waals surface area contributed by atoms with E-state index in [1.54, 1.807) is 12.1 Å². The number of sulfonamides is 1. The van der Waals surface area contributed by atoms with Gasteiger partial charge in [-0.05, 0) is 37.5 Å². The molecule has 0 radical (unpaired) electrons. The molecule has 3 rings (SSSR count). The molecule has 0 aromatic heterocycles. The van der Waals surface area contributed by atoms with Gasteiger partial charge in [0.2, 0.25) is 10.0 Å². The third-order valence-corrected chi connectivity index (χ3v) is 8.63. The molecular formula is C20H30N2O4S2. The summed E-state index contributed by atoms with van der Waals surface area (Å²) in [6, 6.07) is 4.79. The number of nitrogens with one attached hydrogen (secondary N) is 1. The van der Waals surface area contributed by atoms with Crippen LogP contribution in [0.1, 0.15) is 48.0 Å². The maximum atomic E-state index is 12.8. The van der Waals surface area contributed by atoms with E-state index in [-0.39, 0.29) is 10.8 Å². The predicted octanol–water partition coefficient (Wildman–Crippen LogP) is 2.81. The van der Waals surface area contributed by atoms with Crippen LogP contribution in [0.3, 0.4) is 0 Å². The van der Waals surface area contributed by atoms with E-state index in [0.29, 0.717) is 38.4 Å². The lowest BCUT2D eigenvalue weighted by Crippen LogP contribution is -2.40. The van der Waals surface area contributed by atoms with Crippen LogP contribution in [-0.2, 0) is 14.8 Å². The van der Waals surface area contributed by atoms with E-state index in [9.17, 15) is 13.2 Å². The summed E-state index contributed by atoms with van der Waals surface area (Å²) in [5.74, 6) is 0.682. The highest BCUT2D eigenvalue weighted by atomic mass is 32.2. The molecule has 0 spiro atoms. The molecule has 2 aliphatic rings. The van der Waals surface area contributed by atoms with Crippen molar-refractivity contribution in [2.45, 2.75) is 49.2 Å². The van der Waals surface area contributed by atoms with Gasteiger partial charge < -0.3 is 10.1 Å². The summed E-state index contributed by atoms with van der Waals surface area (Å²) in [6.07, 6.45) is 6.52. The summed E-state index contributed by atoms with van der Waals surface area (Å²) in [4.78, 5) is 12.8. The third-order valence-electron chi connectivity index (χ3n) is 5.35. The first kappa shape index (κ1) is 21.6. The first-order valence-electron chi connectivity index (χ1n) is 10.1. The van der Waals surface area contributed by atoms with Crippen molar-refractivity contribution in [3.8, 4) is 0 Å². The van der Waals surface area contributed by atoms with E-state index in [1.165, 1.54) is 42.5 Å². The molecule has 1 heterocycles. The Bertz CT molecular complexity index is 770. The van der Waals surface area contributed by atoms with Gasteiger partial charge in [0, 0.05) is 36.2 Å². The Kier molecular flexibility index (Phi) is 7.79. The van der Waals surface area contributed by atoms with Gasteiger partial charge >= 0.3 is 0 Å². The van der Waals surface area contributed by atoms with E-state index in [1.807, 2.05) is 18.7 Å². The largest absolute Gasteiger partial charge is 0.379 e. The van der Waals surface area contributed by atoms with Crippen molar-refractivity contribution in [2.24, 2.45) is 0 Å². The van der Waals surface area contributed by atoms with E-state index in [4.69, 9.17) is 4.74 Å². The second-order valence-corrected chi connectivity index (χ2v) is 10.7. The highest BCUT2D eigenvalue weighted by molar-refractivity contribution is 7.99. The zero-order valence-electron chi connectivity index (χ0n) is 16.5. The van der Waals surface area contributed by atoms with Crippen LogP contribution in [-0.4, -0.2) is 62.5 Å². The van der Waals surface area contributed by atoms with Crippen molar-refractivity contribution in [3.63, 3.8) is 0 Å². The zero-order valence-corrected chi connectivity index (χ0v) is 18.1. The SMILES string of the molecule is Cc1ccc(S(=O)(=O)N2CCOCC2)cc1C(=O)NCCSC1CCCCC1. The molecule has 1 amide bonds. The molecule has 1 aliphatic heterocycles. The third kappa shape index (κ3) is 5.49. The van der Waals surface area contributed by atoms with Crippen molar-refractivity contribution in [1.29, 1.82) is 0 Å². The number of ether oxygens (including phenoxy) is 1. The summed E-state index contributed by atoms with van der Waals surface area (Å²) in [6.45, 7) is 3.91. The van der Waals surface area contributed by atoms with Crippen molar-refractivity contribution < 1.29 is 17.9 Å². The van der Waals surface area contributed by atoms with Crippen molar-refractivity contribution in [2.75, 3.05) is 38.6 Å². The van der Waals surface area contributed by atoms with Crippen LogP contribution in [0, 0.1) is 6.92 Å². The minimum Gasteiger partial charge on any atom is -0.379 e. The number of nitrogens with zero attached hydrogens (tertiary/aromatic N) is 1. The minimum atomic E-state index is -3.61. The Morgan fingerprint density at radius 1 is 1.21 bits per heavy atom. The first-order valence-corrected chi connectivity index (χ1v) is 12.6. The van der Waals surface area contributed by atoms with Gasteiger partial charge in [0.1, 0.15) is 0 Å². The number of morpholine rings is 1. The molecular weight excluding hydrogens is 396 g/mol. The van der Waals surface area contributed by atoms with Gasteiger partial charge in [-0.2, -0.15) is 16.1 Å².